The summed E-state index contributed by atoms with van der Waals surface area (Å²) in [7, 11) is 3.22. The lowest BCUT2D eigenvalue weighted by Crippen LogP contribution is -2.32. The van der Waals surface area contributed by atoms with Gasteiger partial charge in [0.05, 0.1) is 5.56 Å². The van der Waals surface area contributed by atoms with Gasteiger partial charge in [-0.05, 0) is 25.0 Å². The third kappa shape index (κ3) is 3.65. The molecule has 0 atom stereocenters. The summed E-state index contributed by atoms with van der Waals surface area (Å²) in [5, 5.41) is 16.8. The van der Waals surface area contributed by atoms with Crippen molar-refractivity contribution in [2.75, 3.05) is 14.1 Å². The largest absolute Gasteiger partial charge is 0.507 e. The molecular formula is C18H21N3O4. The highest BCUT2D eigenvalue weighted by molar-refractivity contribution is 5.97. The van der Waals surface area contributed by atoms with Crippen molar-refractivity contribution in [1.82, 2.24) is 15.4 Å². The fourth-order valence-corrected chi connectivity index (χ4v) is 2.95. The number of phenols is 1. The van der Waals surface area contributed by atoms with Gasteiger partial charge in [0.2, 0.25) is 0 Å². The minimum Gasteiger partial charge on any atom is -0.507 e. The van der Waals surface area contributed by atoms with Crippen LogP contribution < -0.4 is 5.32 Å². The number of carbonyl (C=O) groups is 2. The number of nitrogens with zero attached hydrogens (tertiary/aromatic N) is 2. The molecule has 0 unspecified atom stereocenters. The molecule has 132 valence electrons. The maximum absolute atomic E-state index is 12.2. The maximum atomic E-state index is 12.2. The summed E-state index contributed by atoms with van der Waals surface area (Å²) in [5.41, 5.74) is 0.947. The minimum atomic E-state index is -0.293. The fraction of sp³-hybridized carbons (Fsp3) is 0.389. The van der Waals surface area contributed by atoms with Crippen molar-refractivity contribution in [3.05, 3.63) is 35.5 Å². The van der Waals surface area contributed by atoms with Gasteiger partial charge >= 0.3 is 0 Å². The first-order valence-corrected chi connectivity index (χ1v) is 8.28. The van der Waals surface area contributed by atoms with Crippen LogP contribution in [0, 0.1) is 0 Å². The SMILES string of the molecule is CN(C)C(=O)c1ccc(-c2cc(C(=O)NC3CCCC3)no2)cc1O. The lowest BCUT2D eigenvalue weighted by atomic mass is 10.1. The molecule has 25 heavy (non-hydrogen) atoms. The highest BCUT2D eigenvalue weighted by atomic mass is 16.5. The zero-order valence-corrected chi connectivity index (χ0v) is 14.3. The van der Waals surface area contributed by atoms with Crippen molar-refractivity contribution in [2.24, 2.45) is 0 Å². The number of aromatic nitrogens is 1. The van der Waals surface area contributed by atoms with Crippen LogP contribution in [0.1, 0.15) is 46.5 Å². The molecule has 7 heteroatoms. The van der Waals surface area contributed by atoms with E-state index in [4.69, 9.17) is 4.52 Å². The van der Waals surface area contributed by atoms with Gasteiger partial charge in [0.15, 0.2) is 11.5 Å². The Kier molecular flexibility index (Phi) is 4.74. The normalized spacial score (nSPS) is 14.5. The van der Waals surface area contributed by atoms with Crippen molar-refractivity contribution in [2.45, 2.75) is 31.7 Å². The summed E-state index contributed by atoms with van der Waals surface area (Å²) in [6.45, 7) is 0. The topological polar surface area (TPSA) is 95.7 Å². The van der Waals surface area contributed by atoms with Crippen LogP contribution >= 0.6 is 0 Å². The van der Waals surface area contributed by atoms with Crippen molar-refractivity contribution in [3.8, 4) is 17.1 Å². The van der Waals surface area contributed by atoms with Gasteiger partial charge in [-0.1, -0.05) is 24.1 Å². The Labute approximate surface area is 145 Å². The van der Waals surface area contributed by atoms with E-state index in [9.17, 15) is 14.7 Å². The van der Waals surface area contributed by atoms with E-state index >= 15 is 0 Å². The van der Waals surface area contributed by atoms with Gasteiger partial charge in [0.25, 0.3) is 11.8 Å². The quantitative estimate of drug-likeness (QED) is 0.889. The Morgan fingerprint density at radius 1 is 1.24 bits per heavy atom. The van der Waals surface area contributed by atoms with Crippen LogP contribution in [-0.4, -0.2) is 47.1 Å². The van der Waals surface area contributed by atoms with Crippen molar-refractivity contribution in [1.29, 1.82) is 0 Å². The number of carbonyl (C=O) groups excluding carboxylic acids is 2. The first-order valence-electron chi connectivity index (χ1n) is 8.28. The Hall–Kier alpha value is -2.83. The summed E-state index contributed by atoms with van der Waals surface area (Å²) in [6, 6.07) is 6.33. The lowest BCUT2D eigenvalue weighted by molar-refractivity contribution is 0.0824. The van der Waals surface area contributed by atoms with E-state index < -0.39 is 0 Å². The van der Waals surface area contributed by atoms with Crippen LogP contribution in [0.5, 0.6) is 5.75 Å². The number of amides is 2. The highest BCUT2D eigenvalue weighted by Gasteiger charge is 2.21. The van der Waals surface area contributed by atoms with E-state index in [1.165, 1.54) is 23.1 Å². The molecule has 2 aromatic rings. The predicted octanol–water partition coefficient (Wildman–Crippen LogP) is 2.42. The molecule has 0 aliphatic heterocycles. The molecule has 0 spiro atoms. The van der Waals surface area contributed by atoms with E-state index in [1.807, 2.05) is 0 Å². The Balaban J connectivity index is 1.76. The van der Waals surface area contributed by atoms with E-state index in [0.29, 0.717) is 11.3 Å². The number of benzene rings is 1. The summed E-state index contributed by atoms with van der Waals surface area (Å²) in [6.07, 6.45) is 4.25. The second kappa shape index (κ2) is 6.96. The number of phenolic OH excluding ortho intramolecular Hbond substituents is 1. The number of aromatic hydroxyl groups is 1. The van der Waals surface area contributed by atoms with Crippen LogP contribution in [0.2, 0.25) is 0 Å². The Bertz CT molecular complexity index is 791. The van der Waals surface area contributed by atoms with E-state index in [-0.39, 0.29) is 34.9 Å². The van der Waals surface area contributed by atoms with Gasteiger partial charge in [0.1, 0.15) is 5.75 Å². The molecule has 1 saturated carbocycles. The van der Waals surface area contributed by atoms with E-state index in [1.54, 1.807) is 20.2 Å². The number of hydrogen-bond acceptors (Lipinski definition) is 5. The monoisotopic (exact) mass is 343 g/mol. The molecule has 1 aromatic heterocycles. The molecule has 3 rings (SSSR count). The molecule has 0 bridgehead atoms. The van der Waals surface area contributed by atoms with E-state index in [0.717, 1.165) is 25.7 Å². The van der Waals surface area contributed by atoms with Crippen molar-refractivity contribution >= 4 is 11.8 Å². The first-order chi connectivity index (χ1) is 12.0. The van der Waals surface area contributed by atoms with Gasteiger partial charge < -0.3 is 19.8 Å². The fourth-order valence-electron chi connectivity index (χ4n) is 2.95. The molecule has 1 aliphatic rings. The Morgan fingerprint density at radius 2 is 1.96 bits per heavy atom. The lowest BCUT2D eigenvalue weighted by Gasteiger charge is -2.11. The van der Waals surface area contributed by atoms with Crippen LogP contribution in [0.3, 0.4) is 0 Å². The second-order valence-electron chi connectivity index (χ2n) is 6.46. The van der Waals surface area contributed by atoms with Crippen LogP contribution in [-0.2, 0) is 0 Å². The predicted molar refractivity (Wildman–Crippen MR) is 91.3 cm³/mol. The highest BCUT2D eigenvalue weighted by Crippen LogP contribution is 2.28. The molecule has 1 fully saturated rings. The standard InChI is InChI=1S/C18H21N3O4/c1-21(2)18(24)13-8-7-11(9-15(13)22)16-10-14(20-25-16)17(23)19-12-5-3-4-6-12/h7-10,12,22H,3-6H2,1-2H3,(H,19,23). The maximum Gasteiger partial charge on any atom is 0.273 e. The average molecular weight is 343 g/mol. The van der Waals surface area contributed by atoms with Crippen molar-refractivity contribution < 1.29 is 19.2 Å². The second-order valence-corrected chi connectivity index (χ2v) is 6.46. The number of hydrogen-bond donors (Lipinski definition) is 2. The molecule has 2 amide bonds. The summed E-state index contributed by atoms with van der Waals surface area (Å²) in [4.78, 5) is 25.5. The summed E-state index contributed by atoms with van der Waals surface area (Å²) in [5.74, 6) is -0.343. The van der Waals surface area contributed by atoms with Crippen LogP contribution in [0.4, 0.5) is 0 Å². The third-order valence-corrected chi connectivity index (χ3v) is 4.35. The first kappa shape index (κ1) is 17.0. The average Bonchev–Trinajstić information content (AvgIpc) is 3.25. The van der Waals surface area contributed by atoms with Gasteiger partial charge in [-0.2, -0.15) is 0 Å². The smallest absolute Gasteiger partial charge is 0.273 e. The summed E-state index contributed by atoms with van der Waals surface area (Å²) >= 11 is 0. The molecule has 1 aliphatic carbocycles. The Morgan fingerprint density at radius 3 is 2.60 bits per heavy atom. The van der Waals surface area contributed by atoms with Gasteiger partial charge in [-0.25, -0.2) is 0 Å². The van der Waals surface area contributed by atoms with Crippen LogP contribution in [0.15, 0.2) is 28.8 Å². The molecule has 7 nitrogen and oxygen atoms in total. The minimum absolute atomic E-state index is 0.149. The van der Waals surface area contributed by atoms with E-state index in [2.05, 4.69) is 10.5 Å². The van der Waals surface area contributed by atoms with Crippen LogP contribution in [0.25, 0.3) is 11.3 Å². The molecule has 2 N–H and O–H groups in total. The number of nitrogens with one attached hydrogen (secondary N) is 1. The zero-order chi connectivity index (χ0) is 18.0. The van der Waals surface area contributed by atoms with Gasteiger partial charge in [-0.3, -0.25) is 9.59 Å². The number of rotatable bonds is 4. The van der Waals surface area contributed by atoms with Gasteiger partial charge in [-0.15, -0.1) is 0 Å². The molecule has 0 saturated heterocycles. The van der Waals surface area contributed by atoms with Crippen molar-refractivity contribution in [3.63, 3.8) is 0 Å². The molecule has 1 aromatic carbocycles. The molecule has 1 heterocycles. The summed E-state index contributed by atoms with van der Waals surface area (Å²) < 4.78 is 5.22. The molecule has 0 radical (unpaired) electrons. The molecular weight excluding hydrogens is 322 g/mol. The zero-order valence-electron chi connectivity index (χ0n) is 14.3. The van der Waals surface area contributed by atoms with Gasteiger partial charge in [0, 0.05) is 31.8 Å². The third-order valence-electron chi connectivity index (χ3n) is 4.35.